The summed E-state index contributed by atoms with van der Waals surface area (Å²) < 4.78 is 19.5. The first-order valence-corrected chi connectivity index (χ1v) is 9.97. The van der Waals surface area contributed by atoms with E-state index < -0.39 is 5.60 Å². The third-order valence-electron chi connectivity index (χ3n) is 6.39. The minimum atomic E-state index is -1.20. The van der Waals surface area contributed by atoms with Crippen LogP contribution in [0.4, 0.5) is 4.39 Å². The van der Waals surface area contributed by atoms with E-state index in [0.717, 1.165) is 25.7 Å². The van der Waals surface area contributed by atoms with Gasteiger partial charge in [-0.05, 0) is 49.6 Å². The van der Waals surface area contributed by atoms with Crippen molar-refractivity contribution in [1.82, 2.24) is 4.90 Å². The van der Waals surface area contributed by atoms with Crippen molar-refractivity contribution in [2.75, 3.05) is 13.7 Å². The highest BCUT2D eigenvalue weighted by Gasteiger charge is 2.51. The molecular weight excluding hydrogens is 357 g/mol. The second kappa shape index (κ2) is 7.55. The number of rotatable bonds is 3. The van der Waals surface area contributed by atoms with Gasteiger partial charge in [0.05, 0.1) is 12.7 Å². The van der Waals surface area contributed by atoms with Gasteiger partial charge in [0, 0.05) is 29.6 Å². The summed E-state index contributed by atoms with van der Waals surface area (Å²) in [4.78, 5) is 15.1. The fraction of sp³-hybridized carbons (Fsp3) is 0.435. The smallest absolute Gasteiger partial charge is 0.254 e. The molecule has 2 aromatic rings. The van der Waals surface area contributed by atoms with E-state index in [9.17, 15) is 14.3 Å². The number of halogens is 1. The van der Waals surface area contributed by atoms with Crippen molar-refractivity contribution in [3.63, 3.8) is 0 Å². The fourth-order valence-electron chi connectivity index (χ4n) is 5.04. The van der Waals surface area contributed by atoms with Crippen LogP contribution >= 0.6 is 0 Å². The average Bonchev–Trinajstić information content (AvgIpc) is 2.74. The van der Waals surface area contributed by atoms with E-state index in [1.165, 1.54) is 19.2 Å². The number of hydrogen-bond donors (Lipinski definition) is 1. The first-order valence-electron chi connectivity index (χ1n) is 9.97. The van der Waals surface area contributed by atoms with Gasteiger partial charge >= 0.3 is 0 Å². The standard InChI is InChI=1S/C23H26FNO3/c1-28-21-12-11-17(24)15-19(21)23(27)13-14-25(20-10-6-5-9-18(20)23)22(26)16-7-3-2-4-8-16/h2-4,7-8,11-12,15,18,20,27H,5-6,9-10,13-14H2,1H3. The Morgan fingerprint density at radius 3 is 2.68 bits per heavy atom. The molecule has 1 amide bonds. The van der Waals surface area contributed by atoms with Crippen molar-refractivity contribution in [3.05, 3.63) is 65.5 Å². The number of benzene rings is 2. The number of nitrogens with zero attached hydrogens (tertiary/aromatic N) is 1. The number of fused-ring (bicyclic) bond motifs is 1. The Kier molecular flexibility index (Phi) is 5.11. The maximum atomic E-state index is 14.0. The van der Waals surface area contributed by atoms with Crippen LogP contribution in [-0.2, 0) is 5.60 Å². The lowest BCUT2D eigenvalue weighted by molar-refractivity contribution is -0.111. The zero-order chi connectivity index (χ0) is 19.7. The SMILES string of the molecule is COc1ccc(F)cc1C1(O)CCN(C(=O)c2ccccc2)C2CCCCC21. The summed E-state index contributed by atoms with van der Waals surface area (Å²) in [6.07, 6.45) is 4.04. The molecule has 0 radical (unpaired) electrons. The van der Waals surface area contributed by atoms with Gasteiger partial charge < -0.3 is 14.7 Å². The molecule has 1 aliphatic heterocycles. The van der Waals surface area contributed by atoms with Gasteiger partial charge in [-0.3, -0.25) is 4.79 Å². The topological polar surface area (TPSA) is 49.8 Å². The summed E-state index contributed by atoms with van der Waals surface area (Å²) in [5.74, 6) is -0.0282. The monoisotopic (exact) mass is 383 g/mol. The van der Waals surface area contributed by atoms with Crippen molar-refractivity contribution < 1.29 is 19.0 Å². The van der Waals surface area contributed by atoms with Crippen LogP contribution in [0.1, 0.15) is 48.0 Å². The van der Waals surface area contributed by atoms with Crippen molar-refractivity contribution in [2.24, 2.45) is 5.92 Å². The third-order valence-corrected chi connectivity index (χ3v) is 6.39. The number of methoxy groups -OCH3 is 1. The minimum Gasteiger partial charge on any atom is -0.496 e. The van der Waals surface area contributed by atoms with E-state index >= 15 is 0 Å². The van der Waals surface area contributed by atoms with Crippen molar-refractivity contribution in [1.29, 1.82) is 0 Å². The van der Waals surface area contributed by atoms with E-state index in [2.05, 4.69) is 0 Å². The van der Waals surface area contributed by atoms with Gasteiger partial charge in [0.15, 0.2) is 0 Å². The molecular formula is C23H26FNO3. The predicted octanol–water partition coefficient (Wildman–Crippen LogP) is 4.13. The van der Waals surface area contributed by atoms with Crippen LogP contribution < -0.4 is 4.74 Å². The number of piperidine rings is 1. The highest BCUT2D eigenvalue weighted by molar-refractivity contribution is 5.94. The molecule has 3 atom stereocenters. The Bertz CT molecular complexity index is 856. The van der Waals surface area contributed by atoms with Crippen LogP contribution in [-0.4, -0.2) is 35.6 Å². The van der Waals surface area contributed by atoms with Gasteiger partial charge in [-0.1, -0.05) is 31.0 Å². The Morgan fingerprint density at radius 1 is 1.18 bits per heavy atom. The van der Waals surface area contributed by atoms with Crippen molar-refractivity contribution in [3.8, 4) is 5.75 Å². The molecule has 0 spiro atoms. The summed E-state index contributed by atoms with van der Waals surface area (Å²) >= 11 is 0. The number of hydrogen-bond acceptors (Lipinski definition) is 3. The van der Waals surface area contributed by atoms with Crippen LogP contribution in [0, 0.1) is 11.7 Å². The molecule has 3 unspecified atom stereocenters. The Hall–Kier alpha value is -2.40. The zero-order valence-corrected chi connectivity index (χ0v) is 16.1. The summed E-state index contributed by atoms with van der Waals surface area (Å²) in [7, 11) is 1.53. The number of aliphatic hydroxyl groups is 1. The van der Waals surface area contributed by atoms with E-state index in [1.54, 1.807) is 6.07 Å². The molecule has 1 saturated heterocycles. The second-order valence-electron chi connectivity index (χ2n) is 7.84. The quantitative estimate of drug-likeness (QED) is 0.867. The fourth-order valence-corrected chi connectivity index (χ4v) is 5.04. The molecule has 28 heavy (non-hydrogen) atoms. The molecule has 0 aromatic heterocycles. The normalized spacial score (nSPS) is 27.2. The lowest BCUT2D eigenvalue weighted by atomic mass is 9.66. The van der Waals surface area contributed by atoms with E-state index in [4.69, 9.17) is 4.74 Å². The second-order valence-corrected chi connectivity index (χ2v) is 7.84. The molecule has 4 rings (SSSR count). The molecule has 4 nitrogen and oxygen atoms in total. The average molecular weight is 383 g/mol. The molecule has 1 saturated carbocycles. The van der Waals surface area contributed by atoms with Gasteiger partial charge in [0.1, 0.15) is 11.6 Å². The van der Waals surface area contributed by atoms with Crippen LogP contribution in [0.3, 0.4) is 0 Å². The third kappa shape index (κ3) is 3.18. The first kappa shape index (κ1) is 18.9. The number of ether oxygens (including phenoxy) is 1. The highest BCUT2D eigenvalue weighted by Crippen LogP contribution is 2.49. The van der Waals surface area contributed by atoms with Gasteiger partial charge in [-0.2, -0.15) is 0 Å². The molecule has 2 aromatic carbocycles. The Morgan fingerprint density at radius 2 is 1.93 bits per heavy atom. The zero-order valence-electron chi connectivity index (χ0n) is 16.1. The Balaban J connectivity index is 1.71. The number of carbonyl (C=O) groups excluding carboxylic acids is 1. The minimum absolute atomic E-state index is 0.00533. The lowest BCUT2D eigenvalue weighted by Gasteiger charge is -2.52. The van der Waals surface area contributed by atoms with Crippen molar-refractivity contribution in [2.45, 2.75) is 43.7 Å². The molecule has 148 valence electrons. The predicted molar refractivity (Wildman–Crippen MR) is 105 cm³/mol. The Labute approximate surface area is 164 Å². The number of amides is 1. The number of carbonyl (C=O) groups is 1. The van der Waals surface area contributed by atoms with Crippen LogP contribution in [0.2, 0.25) is 0 Å². The molecule has 1 aliphatic carbocycles. The van der Waals surface area contributed by atoms with Crippen LogP contribution in [0.5, 0.6) is 5.75 Å². The summed E-state index contributed by atoms with van der Waals surface area (Å²) in [6.45, 7) is 0.436. The lowest BCUT2D eigenvalue weighted by Crippen LogP contribution is -2.59. The van der Waals surface area contributed by atoms with E-state index in [-0.39, 0.29) is 23.7 Å². The van der Waals surface area contributed by atoms with Gasteiger partial charge in [0.25, 0.3) is 5.91 Å². The summed E-state index contributed by atoms with van der Waals surface area (Å²) in [5.41, 5.74) is -0.0364. The maximum Gasteiger partial charge on any atom is 0.254 e. The highest BCUT2D eigenvalue weighted by atomic mass is 19.1. The maximum absolute atomic E-state index is 14.0. The molecule has 2 fully saturated rings. The first-order chi connectivity index (χ1) is 13.5. The molecule has 1 heterocycles. The molecule has 5 heteroatoms. The van der Waals surface area contributed by atoms with Crippen LogP contribution in [0.15, 0.2) is 48.5 Å². The molecule has 0 bridgehead atoms. The van der Waals surface area contributed by atoms with E-state index in [1.807, 2.05) is 35.2 Å². The molecule has 1 N–H and O–H groups in total. The summed E-state index contributed by atoms with van der Waals surface area (Å²) in [5, 5.41) is 11.8. The van der Waals surface area contributed by atoms with Crippen molar-refractivity contribution >= 4 is 5.91 Å². The van der Waals surface area contributed by atoms with Gasteiger partial charge in [0.2, 0.25) is 0 Å². The van der Waals surface area contributed by atoms with Gasteiger partial charge in [-0.15, -0.1) is 0 Å². The summed E-state index contributed by atoms with van der Waals surface area (Å²) in [6, 6.07) is 13.5. The van der Waals surface area contributed by atoms with E-state index in [0.29, 0.717) is 29.8 Å². The largest absolute Gasteiger partial charge is 0.496 e. The molecule has 2 aliphatic rings. The van der Waals surface area contributed by atoms with Gasteiger partial charge in [-0.25, -0.2) is 4.39 Å². The van der Waals surface area contributed by atoms with Crippen LogP contribution in [0.25, 0.3) is 0 Å². The number of likely N-dealkylation sites (tertiary alicyclic amines) is 1.